The second kappa shape index (κ2) is 9.52. The molecule has 0 bridgehead atoms. The number of piperazine rings is 1. The van der Waals surface area contributed by atoms with Crippen LogP contribution in [0.5, 0.6) is 0 Å². The molecule has 1 aliphatic heterocycles. The Morgan fingerprint density at radius 1 is 1.19 bits per heavy atom. The lowest BCUT2D eigenvalue weighted by Gasteiger charge is -2.34. The Hall–Kier alpha value is -2.85. The van der Waals surface area contributed by atoms with Gasteiger partial charge in [-0.3, -0.25) is 14.5 Å². The number of nitrogens with zero attached hydrogens (tertiary/aromatic N) is 5. The lowest BCUT2D eigenvalue weighted by atomic mass is 10.2. The molecule has 1 aliphatic rings. The van der Waals surface area contributed by atoms with Crippen molar-refractivity contribution in [3.63, 3.8) is 0 Å². The van der Waals surface area contributed by atoms with Crippen LogP contribution in [0.15, 0.2) is 23.3 Å². The molecular formula is C21H27N7O2S. The van der Waals surface area contributed by atoms with E-state index < -0.39 is 0 Å². The van der Waals surface area contributed by atoms with Gasteiger partial charge in [0.15, 0.2) is 0 Å². The summed E-state index contributed by atoms with van der Waals surface area (Å²) in [6.45, 7) is 8.92. The maximum atomic E-state index is 12.3. The van der Waals surface area contributed by atoms with Gasteiger partial charge >= 0.3 is 0 Å². The van der Waals surface area contributed by atoms with Gasteiger partial charge in [0, 0.05) is 69.4 Å². The van der Waals surface area contributed by atoms with E-state index in [0.717, 1.165) is 53.9 Å². The molecule has 0 aliphatic carbocycles. The molecule has 1 amide bonds. The molecule has 3 aromatic heterocycles. The van der Waals surface area contributed by atoms with Crippen LogP contribution in [0.2, 0.25) is 0 Å². The zero-order valence-electron chi connectivity index (χ0n) is 17.8. The minimum absolute atomic E-state index is 0.0300. The van der Waals surface area contributed by atoms with Crippen molar-refractivity contribution in [3.05, 3.63) is 45.1 Å². The van der Waals surface area contributed by atoms with Gasteiger partial charge in [0.1, 0.15) is 10.7 Å². The summed E-state index contributed by atoms with van der Waals surface area (Å²) in [5.74, 6) is 1.30. The quantitative estimate of drug-likeness (QED) is 0.568. The molecule has 4 heterocycles. The van der Waals surface area contributed by atoms with Crippen LogP contribution in [0.3, 0.4) is 0 Å². The Morgan fingerprint density at radius 2 is 1.94 bits per heavy atom. The van der Waals surface area contributed by atoms with Crippen molar-refractivity contribution in [2.75, 3.05) is 44.2 Å². The van der Waals surface area contributed by atoms with Gasteiger partial charge in [-0.2, -0.15) is 0 Å². The summed E-state index contributed by atoms with van der Waals surface area (Å²) in [6.07, 6.45) is 4.24. The number of H-pyrrole nitrogens is 1. The number of aromatic nitrogens is 4. The van der Waals surface area contributed by atoms with Crippen LogP contribution in [0.1, 0.15) is 22.7 Å². The van der Waals surface area contributed by atoms with E-state index in [1.165, 1.54) is 11.3 Å². The molecule has 0 atom stereocenters. The molecule has 9 nitrogen and oxygen atoms in total. The summed E-state index contributed by atoms with van der Waals surface area (Å²) in [5, 5.41) is 3.63. The predicted octanol–water partition coefficient (Wildman–Crippen LogP) is 1.26. The van der Waals surface area contributed by atoms with E-state index in [4.69, 9.17) is 0 Å². The van der Waals surface area contributed by atoms with Gasteiger partial charge in [-0.05, 0) is 25.5 Å². The summed E-state index contributed by atoms with van der Waals surface area (Å²) in [6, 6.07) is 1.82. The number of carbonyl (C=O) groups excluding carboxylic acids is 1. The summed E-state index contributed by atoms with van der Waals surface area (Å²) < 4.78 is 0. The number of aromatic amines is 1. The number of rotatable bonds is 7. The van der Waals surface area contributed by atoms with Crippen LogP contribution in [0, 0.1) is 13.8 Å². The maximum Gasteiger partial charge on any atom is 0.259 e. The van der Waals surface area contributed by atoms with E-state index >= 15 is 0 Å². The predicted molar refractivity (Wildman–Crippen MR) is 122 cm³/mol. The second-order valence-corrected chi connectivity index (χ2v) is 8.91. The fourth-order valence-corrected chi connectivity index (χ4v) is 4.77. The first-order valence-corrected chi connectivity index (χ1v) is 11.3. The first-order valence-electron chi connectivity index (χ1n) is 10.5. The van der Waals surface area contributed by atoms with E-state index in [-0.39, 0.29) is 11.5 Å². The third-order valence-corrected chi connectivity index (χ3v) is 6.74. The summed E-state index contributed by atoms with van der Waals surface area (Å²) in [4.78, 5) is 46.9. The van der Waals surface area contributed by atoms with Gasteiger partial charge in [0.25, 0.3) is 5.56 Å². The van der Waals surface area contributed by atoms with Gasteiger partial charge in [-0.25, -0.2) is 15.0 Å². The molecule has 1 saturated heterocycles. The highest BCUT2D eigenvalue weighted by Crippen LogP contribution is 2.25. The van der Waals surface area contributed by atoms with Gasteiger partial charge in [0.05, 0.1) is 5.39 Å². The average Bonchev–Trinajstić information content (AvgIpc) is 3.07. The smallest absolute Gasteiger partial charge is 0.259 e. The van der Waals surface area contributed by atoms with Crippen molar-refractivity contribution in [2.24, 2.45) is 0 Å². The number of thiophene rings is 1. The fraction of sp³-hybridized carbons (Fsp3) is 0.476. The SMILES string of the molecule is Cc1sc2nc(CCC(=O)NCCN3CCN(c4ncccn4)CC3)[nH]c(=O)c2c1C. The Labute approximate surface area is 184 Å². The van der Waals surface area contributed by atoms with E-state index in [9.17, 15) is 9.59 Å². The Bertz CT molecular complexity index is 1100. The van der Waals surface area contributed by atoms with Crippen molar-refractivity contribution in [3.8, 4) is 0 Å². The number of fused-ring (bicyclic) bond motifs is 1. The lowest BCUT2D eigenvalue weighted by Crippen LogP contribution is -2.49. The molecular weight excluding hydrogens is 414 g/mol. The summed E-state index contributed by atoms with van der Waals surface area (Å²) in [7, 11) is 0. The number of carbonyl (C=O) groups is 1. The largest absolute Gasteiger partial charge is 0.355 e. The Balaban J connectivity index is 1.19. The highest BCUT2D eigenvalue weighted by atomic mass is 32.1. The molecule has 0 unspecified atom stereocenters. The number of anilines is 1. The molecule has 4 rings (SSSR count). The number of aryl methyl sites for hydroxylation is 3. The van der Waals surface area contributed by atoms with Crippen LogP contribution >= 0.6 is 11.3 Å². The van der Waals surface area contributed by atoms with Gasteiger partial charge in [0.2, 0.25) is 11.9 Å². The van der Waals surface area contributed by atoms with Gasteiger partial charge in [-0.15, -0.1) is 11.3 Å². The Morgan fingerprint density at radius 3 is 2.68 bits per heavy atom. The molecule has 3 aromatic rings. The molecule has 1 fully saturated rings. The minimum Gasteiger partial charge on any atom is -0.355 e. The highest BCUT2D eigenvalue weighted by molar-refractivity contribution is 7.18. The number of hydrogen-bond acceptors (Lipinski definition) is 8. The standard InChI is InChI=1S/C21H27N7O2S/c1-14-15(2)31-20-18(14)19(30)25-16(26-20)4-5-17(29)22-8-9-27-10-12-28(13-11-27)21-23-6-3-7-24-21/h3,6-7H,4-5,8-13H2,1-2H3,(H,22,29)(H,25,26,30). The molecule has 0 saturated carbocycles. The second-order valence-electron chi connectivity index (χ2n) is 7.70. The van der Waals surface area contributed by atoms with E-state index in [1.54, 1.807) is 12.4 Å². The molecule has 2 N–H and O–H groups in total. The van der Waals surface area contributed by atoms with Crippen molar-refractivity contribution in [1.29, 1.82) is 0 Å². The van der Waals surface area contributed by atoms with E-state index in [2.05, 4.69) is 35.1 Å². The molecule has 31 heavy (non-hydrogen) atoms. The van der Waals surface area contributed by atoms with Crippen molar-refractivity contribution in [1.82, 2.24) is 30.2 Å². The van der Waals surface area contributed by atoms with Crippen LogP contribution in [0.25, 0.3) is 10.2 Å². The summed E-state index contributed by atoms with van der Waals surface area (Å²) >= 11 is 1.52. The van der Waals surface area contributed by atoms with Crippen LogP contribution in [-0.4, -0.2) is 70.0 Å². The number of amides is 1. The van der Waals surface area contributed by atoms with E-state index in [0.29, 0.717) is 30.6 Å². The highest BCUT2D eigenvalue weighted by Gasteiger charge is 2.18. The maximum absolute atomic E-state index is 12.3. The number of nitrogens with one attached hydrogen (secondary N) is 2. The molecule has 0 aromatic carbocycles. The van der Waals surface area contributed by atoms with Crippen molar-refractivity contribution in [2.45, 2.75) is 26.7 Å². The average molecular weight is 442 g/mol. The van der Waals surface area contributed by atoms with Crippen molar-refractivity contribution < 1.29 is 4.79 Å². The number of hydrogen-bond donors (Lipinski definition) is 2. The first-order chi connectivity index (χ1) is 15.0. The van der Waals surface area contributed by atoms with Crippen LogP contribution < -0.4 is 15.8 Å². The molecule has 164 valence electrons. The van der Waals surface area contributed by atoms with Crippen LogP contribution in [0.4, 0.5) is 5.95 Å². The molecule has 0 spiro atoms. The summed E-state index contributed by atoms with van der Waals surface area (Å²) in [5.41, 5.74) is 0.859. The topological polar surface area (TPSA) is 107 Å². The zero-order valence-corrected chi connectivity index (χ0v) is 18.7. The van der Waals surface area contributed by atoms with Crippen LogP contribution in [-0.2, 0) is 11.2 Å². The fourth-order valence-electron chi connectivity index (χ4n) is 3.72. The van der Waals surface area contributed by atoms with Gasteiger partial charge in [-0.1, -0.05) is 0 Å². The van der Waals surface area contributed by atoms with Crippen molar-refractivity contribution >= 4 is 33.4 Å². The minimum atomic E-state index is -0.123. The van der Waals surface area contributed by atoms with E-state index in [1.807, 2.05) is 19.9 Å². The Kier molecular flexibility index (Phi) is 6.57. The zero-order chi connectivity index (χ0) is 21.8. The molecule has 0 radical (unpaired) electrons. The molecule has 10 heteroatoms. The normalized spacial score (nSPS) is 14.8. The third-order valence-electron chi connectivity index (χ3n) is 5.63. The first kappa shape index (κ1) is 21.4. The lowest BCUT2D eigenvalue weighted by molar-refractivity contribution is -0.121. The van der Waals surface area contributed by atoms with Gasteiger partial charge < -0.3 is 15.2 Å². The monoisotopic (exact) mass is 441 g/mol. The third kappa shape index (κ3) is 5.08.